The highest BCUT2D eigenvalue weighted by Crippen LogP contribution is 2.44. The summed E-state index contributed by atoms with van der Waals surface area (Å²) in [6.45, 7) is 1.82. The third-order valence-electron chi connectivity index (χ3n) is 4.48. The maximum Gasteiger partial charge on any atom is 0.247 e. The molecule has 0 radical (unpaired) electrons. The van der Waals surface area contributed by atoms with Gasteiger partial charge in [-0.3, -0.25) is 9.69 Å². The molecule has 0 bridgehead atoms. The van der Waals surface area contributed by atoms with Crippen molar-refractivity contribution in [3.8, 4) is 17.1 Å². The summed E-state index contributed by atoms with van der Waals surface area (Å²) < 4.78 is 7.16. The maximum absolute atomic E-state index is 13.0. The Morgan fingerprint density at radius 3 is 2.69 bits per heavy atom. The van der Waals surface area contributed by atoms with Gasteiger partial charge in [-0.1, -0.05) is 58.3 Å². The second kappa shape index (κ2) is 8.30. The molecular weight excluding hydrogens is 476 g/mol. The molecule has 0 N–H and O–H groups in total. The Bertz CT molecular complexity index is 1080. The quantitative estimate of drug-likeness (QED) is 0.450. The van der Waals surface area contributed by atoms with Gasteiger partial charge in [0.05, 0.1) is 5.69 Å². The van der Waals surface area contributed by atoms with E-state index in [0.717, 1.165) is 15.6 Å². The van der Waals surface area contributed by atoms with Crippen LogP contribution in [0.4, 0.5) is 5.69 Å². The van der Waals surface area contributed by atoms with Crippen molar-refractivity contribution in [1.82, 2.24) is 15.2 Å². The van der Waals surface area contributed by atoms with Gasteiger partial charge in [0.25, 0.3) is 0 Å². The number of halogens is 2. The van der Waals surface area contributed by atoms with Crippen molar-refractivity contribution in [2.45, 2.75) is 24.7 Å². The Labute approximate surface area is 185 Å². The molecule has 0 fully saturated rings. The van der Waals surface area contributed by atoms with Crippen LogP contribution < -0.4 is 9.64 Å². The number of fused-ring (bicyclic) bond motifs is 3. The van der Waals surface area contributed by atoms with E-state index in [9.17, 15) is 4.79 Å². The largest absolute Gasteiger partial charge is 0.447 e. The molecule has 0 aliphatic carbocycles. The Morgan fingerprint density at radius 1 is 1.24 bits per heavy atom. The van der Waals surface area contributed by atoms with Gasteiger partial charge in [-0.15, -0.1) is 10.2 Å². The summed E-state index contributed by atoms with van der Waals surface area (Å²) in [7, 11) is 0. The number of rotatable bonds is 3. The molecule has 0 saturated carbocycles. The van der Waals surface area contributed by atoms with Gasteiger partial charge in [-0.2, -0.15) is 4.98 Å². The summed E-state index contributed by atoms with van der Waals surface area (Å²) in [5.41, 5.74) is 2.68. The molecule has 0 spiro atoms. The number of hydrogen-bond donors (Lipinski definition) is 0. The van der Waals surface area contributed by atoms with E-state index < -0.39 is 6.23 Å². The highest BCUT2D eigenvalue weighted by Gasteiger charge is 2.35. The van der Waals surface area contributed by atoms with Gasteiger partial charge in [0, 0.05) is 27.0 Å². The van der Waals surface area contributed by atoms with Crippen LogP contribution in [0, 0.1) is 0 Å². The topological polar surface area (TPSA) is 68.2 Å². The summed E-state index contributed by atoms with van der Waals surface area (Å²) in [6.07, 6.45) is 1.47. The SMILES string of the molecule is CCC(=O)N1c2ccc(Br)cc2-c2nnc(SC)nc2O[C@@H]1c1ccc(Cl)cc1. The zero-order valence-electron chi connectivity index (χ0n) is 15.6. The number of aromatic nitrogens is 3. The maximum atomic E-state index is 13.0. The van der Waals surface area contributed by atoms with E-state index in [0.29, 0.717) is 33.9 Å². The first kappa shape index (κ1) is 20.1. The van der Waals surface area contributed by atoms with Crippen LogP contribution in [0.3, 0.4) is 0 Å². The van der Waals surface area contributed by atoms with Crippen molar-refractivity contribution in [3.05, 3.63) is 57.5 Å². The van der Waals surface area contributed by atoms with Crippen molar-refractivity contribution in [1.29, 1.82) is 0 Å². The number of ether oxygens (including phenoxy) is 1. The average molecular weight is 492 g/mol. The zero-order valence-corrected chi connectivity index (χ0v) is 18.8. The van der Waals surface area contributed by atoms with E-state index in [1.54, 1.807) is 17.0 Å². The molecule has 1 atom stereocenters. The van der Waals surface area contributed by atoms with Gasteiger partial charge < -0.3 is 4.74 Å². The molecule has 2 heterocycles. The molecule has 1 aliphatic heterocycles. The molecule has 4 rings (SSSR count). The number of benzene rings is 2. The van der Waals surface area contributed by atoms with Gasteiger partial charge >= 0.3 is 0 Å². The molecule has 29 heavy (non-hydrogen) atoms. The fourth-order valence-electron chi connectivity index (χ4n) is 3.11. The lowest BCUT2D eigenvalue weighted by Gasteiger charge is -2.30. The van der Waals surface area contributed by atoms with Crippen LogP contribution in [0.25, 0.3) is 11.3 Å². The van der Waals surface area contributed by atoms with Crippen LogP contribution >= 0.6 is 39.3 Å². The molecule has 1 amide bonds. The summed E-state index contributed by atoms with van der Waals surface area (Å²) in [4.78, 5) is 19.2. The van der Waals surface area contributed by atoms with Gasteiger partial charge in [-0.05, 0) is 36.6 Å². The first-order valence-corrected chi connectivity index (χ1v) is 11.2. The monoisotopic (exact) mass is 490 g/mol. The smallest absolute Gasteiger partial charge is 0.247 e. The molecule has 148 valence electrons. The number of hydrogen-bond acceptors (Lipinski definition) is 6. The number of anilines is 1. The van der Waals surface area contributed by atoms with Crippen LogP contribution in [-0.2, 0) is 4.79 Å². The molecule has 1 aromatic heterocycles. The van der Waals surface area contributed by atoms with E-state index in [2.05, 4.69) is 31.1 Å². The fraction of sp³-hybridized carbons (Fsp3) is 0.200. The van der Waals surface area contributed by atoms with Gasteiger partial charge in [0.1, 0.15) is 0 Å². The fourth-order valence-corrected chi connectivity index (χ4v) is 3.89. The highest BCUT2D eigenvalue weighted by atomic mass is 79.9. The second-order valence-electron chi connectivity index (χ2n) is 6.25. The highest BCUT2D eigenvalue weighted by molar-refractivity contribution is 9.10. The third-order valence-corrected chi connectivity index (χ3v) is 5.76. The van der Waals surface area contributed by atoms with Gasteiger partial charge in [0.15, 0.2) is 5.69 Å². The summed E-state index contributed by atoms with van der Waals surface area (Å²) in [5.74, 6) is 0.245. The summed E-state index contributed by atoms with van der Waals surface area (Å²) >= 11 is 10.9. The molecule has 0 saturated heterocycles. The second-order valence-corrected chi connectivity index (χ2v) is 8.38. The molecule has 1 aliphatic rings. The average Bonchev–Trinajstić information content (AvgIpc) is 2.87. The minimum atomic E-state index is -0.715. The number of nitrogens with zero attached hydrogens (tertiary/aromatic N) is 4. The Kier molecular flexibility index (Phi) is 5.76. The van der Waals surface area contributed by atoms with Crippen molar-refractivity contribution in [2.24, 2.45) is 0 Å². The summed E-state index contributed by atoms with van der Waals surface area (Å²) in [5, 5.41) is 9.62. The van der Waals surface area contributed by atoms with Crippen molar-refractivity contribution in [2.75, 3.05) is 11.2 Å². The molecule has 6 nitrogen and oxygen atoms in total. The Balaban J connectivity index is 1.99. The normalized spacial score (nSPS) is 15.2. The Morgan fingerprint density at radius 2 is 2.00 bits per heavy atom. The molecular formula is C20H16BrClN4O2S. The molecule has 9 heteroatoms. The van der Waals surface area contributed by atoms with E-state index in [-0.39, 0.29) is 5.91 Å². The number of carbonyl (C=O) groups excluding carboxylic acids is 1. The van der Waals surface area contributed by atoms with Crippen LogP contribution in [0.15, 0.2) is 52.1 Å². The molecule has 3 aromatic rings. The zero-order chi connectivity index (χ0) is 20.5. The Hall–Kier alpha value is -2.16. The van der Waals surface area contributed by atoms with Crippen LogP contribution in [0.1, 0.15) is 25.1 Å². The first-order chi connectivity index (χ1) is 14.0. The van der Waals surface area contributed by atoms with E-state index in [1.165, 1.54) is 11.8 Å². The predicted molar refractivity (Wildman–Crippen MR) is 117 cm³/mol. The number of carbonyl (C=O) groups is 1. The number of thioether (sulfide) groups is 1. The van der Waals surface area contributed by atoms with Crippen LogP contribution in [-0.4, -0.2) is 27.3 Å². The predicted octanol–water partition coefficient (Wildman–Crippen LogP) is 5.51. The third kappa shape index (κ3) is 3.84. The van der Waals surface area contributed by atoms with Crippen molar-refractivity contribution < 1.29 is 9.53 Å². The van der Waals surface area contributed by atoms with E-state index >= 15 is 0 Å². The van der Waals surface area contributed by atoms with Gasteiger partial charge in [-0.25, -0.2) is 0 Å². The van der Waals surface area contributed by atoms with Gasteiger partial charge in [0.2, 0.25) is 23.2 Å². The standard InChI is InChI=1S/C20H16BrClN4O2S/c1-3-16(27)26-15-9-6-12(21)10-14(15)17-18(23-20(29-2)25-24-17)28-19(26)11-4-7-13(22)8-5-11/h4-10,19H,3H2,1-2H3/t19-/m1/s1. The van der Waals surface area contributed by atoms with Crippen LogP contribution in [0.2, 0.25) is 5.02 Å². The van der Waals surface area contributed by atoms with E-state index in [4.69, 9.17) is 16.3 Å². The summed E-state index contributed by atoms with van der Waals surface area (Å²) in [6, 6.07) is 12.9. The molecule has 2 aromatic carbocycles. The lowest BCUT2D eigenvalue weighted by Crippen LogP contribution is -2.37. The van der Waals surface area contributed by atoms with Crippen molar-refractivity contribution in [3.63, 3.8) is 0 Å². The van der Waals surface area contributed by atoms with Crippen molar-refractivity contribution >= 4 is 50.9 Å². The first-order valence-electron chi connectivity index (χ1n) is 8.84. The minimum absolute atomic E-state index is 0.0839. The number of amides is 1. The lowest BCUT2D eigenvalue weighted by molar-refractivity contribution is -0.120. The minimum Gasteiger partial charge on any atom is -0.447 e. The lowest BCUT2D eigenvalue weighted by atomic mass is 10.1. The van der Waals surface area contributed by atoms with Crippen LogP contribution in [0.5, 0.6) is 5.88 Å². The van der Waals surface area contributed by atoms with E-state index in [1.807, 2.05) is 43.5 Å². The molecule has 0 unspecified atom stereocenters.